The number of nitro groups is 1. The first kappa shape index (κ1) is 15.8. The van der Waals surface area contributed by atoms with Gasteiger partial charge in [0.15, 0.2) is 0 Å². The van der Waals surface area contributed by atoms with Crippen molar-refractivity contribution in [1.29, 1.82) is 0 Å². The van der Waals surface area contributed by atoms with Gasteiger partial charge >= 0.3 is 5.69 Å². The van der Waals surface area contributed by atoms with E-state index in [1.165, 1.54) is 25.7 Å². The molecule has 0 aromatic carbocycles. The van der Waals surface area contributed by atoms with E-state index in [4.69, 9.17) is 0 Å². The molecule has 0 amide bonds. The lowest BCUT2D eigenvalue weighted by atomic mass is 10.2. The van der Waals surface area contributed by atoms with Crippen LogP contribution in [0.15, 0.2) is 0 Å². The lowest BCUT2D eigenvalue weighted by Gasteiger charge is -2.20. The summed E-state index contributed by atoms with van der Waals surface area (Å²) in [7, 11) is 0. The number of likely N-dealkylation sites (tertiary alicyclic amines) is 1. The van der Waals surface area contributed by atoms with Gasteiger partial charge in [-0.3, -0.25) is 10.1 Å². The van der Waals surface area contributed by atoms with Crippen LogP contribution >= 0.6 is 0 Å². The molecule has 1 saturated heterocycles. The molecule has 1 aromatic heterocycles. The van der Waals surface area contributed by atoms with E-state index in [-0.39, 0.29) is 10.6 Å². The van der Waals surface area contributed by atoms with Gasteiger partial charge < -0.3 is 10.2 Å². The molecule has 1 N–H and O–H groups in total. The Labute approximate surface area is 125 Å². The van der Waals surface area contributed by atoms with Crippen LogP contribution in [0, 0.1) is 17.0 Å². The Bertz CT molecular complexity index is 478. The third-order valence-electron chi connectivity index (χ3n) is 4.00. The smallest absolute Gasteiger partial charge is 0.333 e. The monoisotopic (exact) mass is 295 g/mol. The maximum Gasteiger partial charge on any atom is 0.333 e. The molecule has 7 heteroatoms. The van der Waals surface area contributed by atoms with Crippen LogP contribution in [0.5, 0.6) is 0 Å². The summed E-state index contributed by atoms with van der Waals surface area (Å²) in [5.41, 5.74) is 0.576. The van der Waals surface area contributed by atoms with Crippen molar-refractivity contribution in [1.82, 2.24) is 14.7 Å². The Balaban J connectivity index is 1.97. The van der Waals surface area contributed by atoms with E-state index >= 15 is 0 Å². The van der Waals surface area contributed by atoms with Gasteiger partial charge in [-0.15, -0.1) is 0 Å². The van der Waals surface area contributed by atoms with E-state index in [9.17, 15) is 10.1 Å². The van der Waals surface area contributed by atoms with Crippen molar-refractivity contribution in [3.63, 3.8) is 0 Å². The largest absolute Gasteiger partial charge is 0.363 e. The summed E-state index contributed by atoms with van der Waals surface area (Å²) >= 11 is 0. The molecule has 0 radical (unpaired) electrons. The van der Waals surface area contributed by atoms with Gasteiger partial charge in [0.1, 0.15) is 5.69 Å². The lowest BCUT2D eigenvalue weighted by molar-refractivity contribution is -0.384. The summed E-state index contributed by atoms with van der Waals surface area (Å²) in [6, 6.07) is 0. The summed E-state index contributed by atoms with van der Waals surface area (Å²) in [4.78, 5) is 13.3. The quantitative estimate of drug-likeness (QED) is 0.644. The lowest BCUT2D eigenvalue weighted by Crippen LogP contribution is -2.30. The molecule has 0 atom stereocenters. The van der Waals surface area contributed by atoms with Crippen LogP contribution in [0.2, 0.25) is 0 Å². The van der Waals surface area contributed by atoms with Gasteiger partial charge in [-0.25, -0.2) is 4.68 Å². The second kappa shape index (κ2) is 7.40. The molecule has 1 aromatic rings. The zero-order valence-electron chi connectivity index (χ0n) is 13.0. The normalized spacial score (nSPS) is 16.7. The van der Waals surface area contributed by atoms with E-state index in [0.29, 0.717) is 24.6 Å². The van der Waals surface area contributed by atoms with E-state index in [2.05, 4.69) is 15.3 Å². The molecule has 2 rings (SSSR count). The van der Waals surface area contributed by atoms with Crippen molar-refractivity contribution in [2.75, 3.05) is 31.5 Å². The molecule has 0 unspecified atom stereocenters. The molecular formula is C14H25N5O2. The van der Waals surface area contributed by atoms with Gasteiger partial charge in [-0.05, 0) is 39.8 Å². The van der Waals surface area contributed by atoms with Crippen molar-refractivity contribution < 1.29 is 4.92 Å². The molecule has 1 aliphatic rings. The third-order valence-corrected chi connectivity index (χ3v) is 4.00. The zero-order chi connectivity index (χ0) is 15.2. The highest BCUT2D eigenvalue weighted by Crippen LogP contribution is 2.27. The first-order valence-electron chi connectivity index (χ1n) is 7.81. The number of aryl methyl sites for hydroxylation is 2. The highest BCUT2D eigenvalue weighted by molar-refractivity contribution is 5.59. The molecule has 1 fully saturated rings. The SMILES string of the molecule is CCn1nc(C)c([N+](=O)[O-])c1NCCN1CCCCCC1. The summed E-state index contributed by atoms with van der Waals surface area (Å²) in [5.74, 6) is 0.537. The third kappa shape index (κ3) is 3.93. The number of aromatic nitrogens is 2. The second-order valence-electron chi connectivity index (χ2n) is 5.54. The Morgan fingerprint density at radius 2 is 1.95 bits per heavy atom. The van der Waals surface area contributed by atoms with Gasteiger partial charge in [0.2, 0.25) is 5.82 Å². The number of anilines is 1. The maximum absolute atomic E-state index is 11.2. The van der Waals surface area contributed by atoms with E-state index < -0.39 is 0 Å². The molecule has 1 aliphatic heterocycles. The fourth-order valence-electron chi connectivity index (χ4n) is 2.89. The Morgan fingerprint density at radius 1 is 1.29 bits per heavy atom. The van der Waals surface area contributed by atoms with Crippen molar-refractivity contribution in [2.45, 2.75) is 46.1 Å². The minimum Gasteiger partial charge on any atom is -0.363 e. The number of hydrogen-bond acceptors (Lipinski definition) is 5. The minimum atomic E-state index is -0.344. The van der Waals surface area contributed by atoms with Gasteiger partial charge in [0, 0.05) is 19.6 Å². The highest BCUT2D eigenvalue weighted by atomic mass is 16.6. The average molecular weight is 295 g/mol. The van der Waals surface area contributed by atoms with Gasteiger partial charge in [0.25, 0.3) is 0 Å². The molecule has 0 saturated carbocycles. The van der Waals surface area contributed by atoms with Crippen molar-refractivity contribution >= 4 is 11.5 Å². The van der Waals surface area contributed by atoms with Crippen molar-refractivity contribution in [2.24, 2.45) is 0 Å². The Morgan fingerprint density at radius 3 is 2.52 bits per heavy atom. The molecule has 2 heterocycles. The number of nitrogens with one attached hydrogen (secondary N) is 1. The molecule has 0 aliphatic carbocycles. The molecule has 7 nitrogen and oxygen atoms in total. The van der Waals surface area contributed by atoms with Crippen molar-refractivity contribution in [3.8, 4) is 0 Å². The molecule has 0 bridgehead atoms. The Hall–Kier alpha value is -1.63. The summed E-state index contributed by atoms with van der Waals surface area (Å²) in [6.45, 7) is 8.16. The van der Waals surface area contributed by atoms with E-state index in [1.807, 2.05) is 6.92 Å². The molecule has 118 valence electrons. The first-order chi connectivity index (χ1) is 10.1. The van der Waals surface area contributed by atoms with Crippen LogP contribution in [0.1, 0.15) is 38.3 Å². The van der Waals surface area contributed by atoms with Gasteiger partial charge in [0.05, 0.1) is 4.92 Å². The number of hydrogen-bond donors (Lipinski definition) is 1. The average Bonchev–Trinajstić information content (AvgIpc) is 2.63. The second-order valence-corrected chi connectivity index (χ2v) is 5.54. The fourth-order valence-corrected chi connectivity index (χ4v) is 2.89. The van der Waals surface area contributed by atoms with Gasteiger partial charge in [-0.1, -0.05) is 12.8 Å². The standard InChI is InChI=1S/C14H25N5O2/c1-3-18-14(13(19(20)21)12(2)16-18)15-8-11-17-9-6-4-5-7-10-17/h15H,3-11H2,1-2H3. The molecule has 0 spiro atoms. The summed E-state index contributed by atoms with van der Waals surface area (Å²) in [6.07, 6.45) is 5.15. The number of nitrogens with zero attached hydrogens (tertiary/aromatic N) is 4. The predicted molar refractivity (Wildman–Crippen MR) is 82.7 cm³/mol. The zero-order valence-corrected chi connectivity index (χ0v) is 13.0. The van der Waals surface area contributed by atoms with Crippen molar-refractivity contribution in [3.05, 3.63) is 15.8 Å². The minimum absolute atomic E-state index is 0.104. The maximum atomic E-state index is 11.2. The first-order valence-corrected chi connectivity index (χ1v) is 7.81. The van der Waals surface area contributed by atoms with Crippen LogP contribution in [-0.4, -0.2) is 45.8 Å². The summed E-state index contributed by atoms with van der Waals surface area (Å²) in [5, 5.41) is 18.6. The summed E-state index contributed by atoms with van der Waals surface area (Å²) < 4.78 is 1.68. The Kier molecular flexibility index (Phi) is 5.55. The molecular weight excluding hydrogens is 270 g/mol. The number of rotatable bonds is 6. The van der Waals surface area contributed by atoms with Crippen LogP contribution in [-0.2, 0) is 6.54 Å². The van der Waals surface area contributed by atoms with E-state index in [1.54, 1.807) is 11.6 Å². The predicted octanol–water partition coefficient (Wildman–Crippen LogP) is 2.41. The highest BCUT2D eigenvalue weighted by Gasteiger charge is 2.24. The fraction of sp³-hybridized carbons (Fsp3) is 0.786. The van der Waals surface area contributed by atoms with Crippen LogP contribution < -0.4 is 5.32 Å². The van der Waals surface area contributed by atoms with Gasteiger partial charge in [-0.2, -0.15) is 5.10 Å². The van der Waals surface area contributed by atoms with Crippen LogP contribution in [0.25, 0.3) is 0 Å². The van der Waals surface area contributed by atoms with Crippen LogP contribution in [0.4, 0.5) is 11.5 Å². The van der Waals surface area contributed by atoms with E-state index in [0.717, 1.165) is 19.6 Å². The van der Waals surface area contributed by atoms with Crippen LogP contribution in [0.3, 0.4) is 0 Å². The molecule has 21 heavy (non-hydrogen) atoms. The topological polar surface area (TPSA) is 76.2 Å².